The van der Waals surface area contributed by atoms with Crippen LogP contribution in [0.1, 0.15) is 37.5 Å². The number of Topliss-reactive ketones (excluding diaryl/α,β-unsaturated/α-hetero) is 1. The predicted octanol–water partition coefficient (Wildman–Crippen LogP) is 3.50. The topological polar surface area (TPSA) is 162 Å². The molecule has 4 rings (SSSR count). The third kappa shape index (κ3) is 6.74. The molecule has 40 heavy (non-hydrogen) atoms. The lowest BCUT2D eigenvalue weighted by Gasteiger charge is -2.17. The molecule has 0 saturated carbocycles. The van der Waals surface area contributed by atoms with Crippen LogP contribution in [-0.4, -0.2) is 52.6 Å². The summed E-state index contributed by atoms with van der Waals surface area (Å²) in [6, 6.07) is 17.5. The molecule has 0 radical (unpaired) electrons. The van der Waals surface area contributed by atoms with E-state index in [1.807, 2.05) is 0 Å². The van der Waals surface area contributed by atoms with Crippen LogP contribution in [0.15, 0.2) is 77.3 Å². The molecule has 204 valence electrons. The Kier molecular flexibility index (Phi) is 8.64. The van der Waals surface area contributed by atoms with Crippen LogP contribution < -0.4 is 10.2 Å². The highest BCUT2D eigenvalue weighted by atomic mass is 79.9. The van der Waals surface area contributed by atoms with Crippen LogP contribution in [0.3, 0.4) is 0 Å². The first kappa shape index (κ1) is 28.1. The Hall–Kier alpha value is -4.91. The standard InChI is InChI=1S/C27H20BrN3O9/c28-19-9-5-17(6-10-19)27(36)40-20-11-7-16(8-12-20)23(32)15-39-26(35)18-13-24(33)30(14-18)29-25(34)21-3-1-2-4-22(21)31(37)38/h1-12,18H,13-15H2,(H,29,34)/t18-/m1/s1. The molecule has 13 heteroatoms. The summed E-state index contributed by atoms with van der Waals surface area (Å²) in [4.78, 5) is 72.4. The summed E-state index contributed by atoms with van der Waals surface area (Å²) in [7, 11) is 0. The Morgan fingerprint density at radius 1 is 0.975 bits per heavy atom. The van der Waals surface area contributed by atoms with Gasteiger partial charge in [-0.15, -0.1) is 0 Å². The Balaban J connectivity index is 1.27. The number of ketones is 1. The minimum atomic E-state index is -0.952. The number of carbonyl (C=O) groups is 5. The number of hydrazine groups is 1. The van der Waals surface area contributed by atoms with Crippen molar-refractivity contribution in [2.75, 3.05) is 13.2 Å². The molecule has 1 N–H and O–H groups in total. The second-order valence-corrected chi connectivity index (χ2v) is 9.49. The van der Waals surface area contributed by atoms with Gasteiger partial charge in [0.25, 0.3) is 11.6 Å². The van der Waals surface area contributed by atoms with Gasteiger partial charge in [0.05, 0.1) is 22.9 Å². The van der Waals surface area contributed by atoms with Crippen LogP contribution in [0.2, 0.25) is 0 Å². The van der Waals surface area contributed by atoms with Crippen LogP contribution >= 0.6 is 15.9 Å². The monoisotopic (exact) mass is 609 g/mol. The molecule has 0 spiro atoms. The Bertz CT molecular complexity index is 1490. The Morgan fingerprint density at radius 2 is 1.62 bits per heavy atom. The number of amides is 2. The number of hydrogen-bond acceptors (Lipinski definition) is 9. The van der Waals surface area contributed by atoms with Gasteiger partial charge in [-0.1, -0.05) is 28.1 Å². The number of para-hydroxylation sites is 1. The highest BCUT2D eigenvalue weighted by Crippen LogP contribution is 2.21. The molecular weight excluding hydrogens is 590 g/mol. The molecule has 1 aliphatic rings. The van der Waals surface area contributed by atoms with Gasteiger partial charge in [-0.25, -0.2) is 4.79 Å². The zero-order valence-electron chi connectivity index (χ0n) is 20.6. The fourth-order valence-corrected chi connectivity index (χ4v) is 4.04. The van der Waals surface area contributed by atoms with Gasteiger partial charge in [0.1, 0.15) is 11.3 Å². The minimum absolute atomic E-state index is 0.206. The maximum atomic E-state index is 12.5. The summed E-state index contributed by atoms with van der Waals surface area (Å²) in [6.45, 7) is -0.819. The first-order valence-electron chi connectivity index (χ1n) is 11.7. The van der Waals surface area contributed by atoms with E-state index in [4.69, 9.17) is 9.47 Å². The predicted molar refractivity (Wildman–Crippen MR) is 141 cm³/mol. The van der Waals surface area contributed by atoms with Gasteiger partial charge < -0.3 is 9.47 Å². The van der Waals surface area contributed by atoms with Gasteiger partial charge in [0, 0.05) is 22.5 Å². The summed E-state index contributed by atoms with van der Waals surface area (Å²) < 4.78 is 11.2. The first-order chi connectivity index (χ1) is 19.1. The smallest absolute Gasteiger partial charge is 0.343 e. The summed E-state index contributed by atoms with van der Waals surface area (Å²) in [5.74, 6) is -4.11. The Labute approximate surface area is 235 Å². The molecular formula is C27H20BrN3O9. The number of benzene rings is 3. The van der Waals surface area contributed by atoms with Crippen LogP contribution in [0.5, 0.6) is 5.75 Å². The summed E-state index contributed by atoms with van der Waals surface area (Å²) in [5.41, 5.74) is 2.15. The largest absolute Gasteiger partial charge is 0.457 e. The van der Waals surface area contributed by atoms with Crippen LogP contribution in [0, 0.1) is 16.0 Å². The molecule has 0 aliphatic carbocycles. The van der Waals surface area contributed by atoms with Crippen molar-refractivity contribution in [3.8, 4) is 5.75 Å². The molecule has 1 aliphatic heterocycles. The molecule has 0 aromatic heterocycles. The minimum Gasteiger partial charge on any atom is -0.457 e. The average molecular weight is 610 g/mol. The molecule has 12 nitrogen and oxygen atoms in total. The fourth-order valence-electron chi connectivity index (χ4n) is 3.78. The average Bonchev–Trinajstić information content (AvgIpc) is 3.32. The molecule has 3 aromatic rings. The van der Waals surface area contributed by atoms with Crippen LogP contribution in [0.25, 0.3) is 0 Å². The van der Waals surface area contributed by atoms with Gasteiger partial charge in [-0.3, -0.25) is 39.7 Å². The third-order valence-electron chi connectivity index (χ3n) is 5.85. The van der Waals surface area contributed by atoms with Crippen molar-refractivity contribution in [2.45, 2.75) is 6.42 Å². The number of ether oxygens (including phenoxy) is 2. The maximum absolute atomic E-state index is 12.5. The number of hydrogen-bond donors (Lipinski definition) is 1. The molecule has 0 bridgehead atoms. The fraction of sp³-hybridized carbons (Fsp3) is 0.148. The molecule has 1 heterocycles. The van der Waals surface area contributed by atoms with Crippen molar-refractivity contribution in [1.29, 1.82) is 0 Å². The number of halogens is 1. The van der Waals surface area contributed by atoms with E-state index in [0.717, 1.165) is 15.5 Å². The number of nitrogens with zero attached hydrogens (tertiary/aromatic N) is 2. The lowest BCUT2D eigenvalue weighted by molar-refractivity contribution is -0.385. The zero-order valence-corrected chi connectivity index (χ0v) is 22.2. The van der Waals surface area contributed by atoms with E-state index >= 15 is 0 Å². The molecule has 1 atom stereocenters. The van der Waals surface area contributed by atoms with Crippen molar-refractivity contribution in [3.63, 3.8) is 0 Å². The second kappa shape index (κ2) is 12.3. The molecule has 1 fully saturated rings. The van der Waals surface area contributed by atoms with Gasteiger partial charge in [0.15, 0.2) is 12.4 Å². The van der Waals surface area contributed by atoms with E-state index < -0.39 is 52.7 Å². The van der Waals surface area contributed by atoms with E-state index in [9.17, 15) is 34.1 Å². The number of carbonyl (C=O) groups excluding carboxylic acids is 5. The third-order valence-corrected chi connectivity index (χ3v) is 6.38. The highest BCUT2D eigenvalue weighted by Gasteiger charge is 2.37. The van der Waals surface area contributed by atoms with Crippen molar-refractivity contribution in [3.05, 3.63) is 104 Å². The van der Waals surface area contributed by atoms with Crippen molar-refractivity contribution in [2.24, 2.45) is 5.92 Å². The van der Waals surface area contributed by atoms with Crippen molar-refractivity contribution in [1.82, 2.24) is 10.4 Å². The lowest BCUT2D eigenvalue weighted by Crippen LogP contribution is -2.43. The lowest BCUT2D eigenvalue weighted by atomic mass is 10.1. The first-order valence-corrected chi connectivity index (χ1v) is 12.5. The molecule has 3 aromatic carbocycles. The van der Waals surface area contributed by atoms with Crippen molar-refractivity contribution < 1.29 is 38.4 Å². The quantitative estimate of drug-likeness (QED) is 0.126. The van der Waals surface area contributed by atoms with Gasteiger partial charge in [-0.05, 0) is 54.6 Å². The molecule has 0 unspecified atom stereocenters. The summed E-state index contributed by atoms with van der Waals surface area (Å²) >= 11 is 3.29. The number of nitro groups is 1. The highest BCUT2D eigenvalue weighted by molar-refractivity contribution is 9.10. The van der Waals surface area contributed by atoms with Gasteiger partial charge in [-0.2, -0.15) is 0 Å². The van der Waals surface area contributed by atoms with E-state index in [1.165, 1.54) is 42.5 Å². The van der Waals surface area contributed by atoms with E-state index in [0.29, 0.717) is 5.56 Å². The number of rotatable bonds is 9. The summed E-state index contributed by atoms with van der Waals surface area (Å²) in [5, 5.41) is 12.0. The van der Waals surface area contributed by atoms with Gasteiger partial charge >= 0.3 is 11.9 Å². The normalized spacial score (nSPS) is 14.4. The molecule has 2 amide bonds. The number of nitro benzene ring substituents is 1. The number of nitrogens with one attached hydrogen (secondary N) is 1. The SMILES string of the molecule is O=C(COC(=O)[C@@H]1CC(=O)N(NC(=O)c2ccccc2[N+](=O)[O-])C1)c1ccc(OC(=O)c2ccc(Br)cc2)cc1. The van der Waals surface area contributed by atoms with Crippen LogP contribution in [0.4, 0.5) is 5.69 Å². The van der Waals surface area contributed by atoms with E-state index in [-0.39, 0.29) is 29.8 Å². The maximum Gasteiger partial charge on any atom is 0.343 e. The zero-order chi connectivity index (χ0) is 28.8. The second-order valence-electron chi connectivity index (χ2n) is 8.57. The van der Waals surface area contributed by atoms with Crippen LogP contribution in [-0.2, 0) is 14.3 Å². The van der Waals surface area contributed by atoms with Gasteiger partial charge in [0.2, 0.25) is 5.91 Å². The molecule has 1 saturated heterocycles. The number of esters is 2. The summed E-state index contributed by atoms with van der Waals surface area (Å²) in [6.07, 6.45) is -0.275. The van der Waals surface area contributed by atoms with Crippen molar-refractivity contribution >= 4 is 51.2 Å². The van der Waals surface area contributed by atoms with E-state index in [2.05, 4.69) is 21.4 Å². The van der Waals surface area contributed by atoms with E-state index in [1.54, 1.807) is 24.3 Å². The Morgan fingerprint density at radius 3 is 2.30 bits per heavy atom.